The molecule has 0 bridgehead atoms. The number of halogens is 3. The number of nitrogens with two attached hydrogens (primary N) is 1. The van der Waals surface area contributed by atoms with Gasteiger partial charge in [-0.25, -0.2) is 0 Å². The van der Waals surface area contributed by atoms with E-state index in [1.807, 2.05) is 13.8 Å². The summed E-state index contributed by atoms with van der Waals surface area (Å²) in [6.07, 6.45) is -3.61. The largest absolute Gasteiger partial charge is 0.418 e. The topological polar surface area (TPSA) is 38.0 Å². The first-order chi connectivity index (χ1) is 8.34. The minimum atomic E-state index is -4.35. The molecule has 1 atom stereocenters. The van der Waals surface area contributed by atoms with Crippen molar-refractivity contribution in [3.8, 4) is 0 Å². The Labute approximate surface area is 105 Å². The second-order valence-corrected chi connectivity index (χ2v) is 4.75. The quantitative estimate of drug-likeness (QED) is 0.850. The van der Waals surface area contributed by atoms with Crippen LogP contribution in [0.5, 0.6) is 0 Å². The Morgan fingerprint density at radius 3 is 2.33 bits per heavy atom. The Hall–Kier alpha value is -1.23. The van der Waals surface area contributed by atoms with Gasteiger partial charge in [-0.1, -0.05) is 26.0 Å². The van der Waals surface area contributed by atoms with Gasteiger partial charge in [0.15, 0.2) is 0 Å². The number of benzene rings is 1. The summed E-state index contributed by atoms with van der Waals surface area (Å²) >= 11 is 0. The number of rotatable bonds is 5. The molecule has 0 radical (unpaired) electrons. The minimum Gasteiger partial charge on any atom is -0.381 e. The van der Waals surface area contributed by atoms with E-state index in [-0.39, 0.29) is 11.7 Å². The summed E-state index contributed by atoms with van der Waals surface area (Å²) in [5, 5.41) is 2.89. The van der Waals surface area contributed by atoms with E-state index in [1.165, 1.54) is 12.1 Å². The molecule has 1 rings (SSSR count). The molecule has 0 fully saturated rings. The predicted molar refractivity (Wildman–Crippen MR) is 67.4 cm³/mol. The van der Waals surface area contributed by atoms with Gasteiger partial charge in [0.05, 0.1) is 5.56 Å². The van der Waals surface area contributed by atoms with Crippen molar-refractivity contribution < 1.29 is 13.2 Å². The number of nitrogens with one attached hydrogen (secondary N) is 1. The lowest BCUT2D eigenvalue weighted by Crippen LogP contribution is -2.31. The van der Waals surface area contributed by atoms with Gasteiger partial charge in [-0.2, -0.15) is 13.2 Å². The number of anilines is 1. The first-order valence-corrected chi connectivity index (χ1v) is 5.97. The summed E-state index contributed by atoms with van der Waals surface area (Å²) in [5.74, 6) is 0.379. The van der Waals surface area contributed by atoms with Crippen molar-refractivity contribution in [3.63, 3.8) is 0 Å². The molecular weight excluding hydrogens is 241 g/mol. The molecule has 3 N–H and O–H groups in total. The smallest absolute Gasteiger partial charge is 0.381 e. The molecule has 0 aliphatic rings. The predicted octanol–water partition coefficient (Wildman–Crippen LogP) is 3.49. The standard InChI is InChI=1S/C13H19F3N2/c1-9(2)7-10(8-17)18-12-6-4-3-5-11(12)13(14,15)16/h3-6,9-10,18H,7-8,17H2,1-2H3. The lowest BCUT2D eigenvalue weighted by Gasteiger charge is -2.22. The molecule has 1 unspecified atom stereocenters. The van der Waals surface area contributed by atoms with E-state index in [0.717, 1.165) is 12.5 Å². The first-order valence-electron chi connectivity index (χ1n) is 5.97. The summed E-state index contributed by atoms with van der Waals surface area (Å²) in [4.78, 5) is 0. The normalized spacial score (nSPS) is 13.7. The lowest BCUT2D eigenvalue weighted by molar-refractivity contribution is -0.137. The summed E-state index contributed by atoms with van der Waals surface area (Å²) in [6.45, 7) is 4.34. The van der Waals surface area contributed by atoms with Crippen molar-refractivity contribution in [2.45, 2.75) is 32.5 Å². The molecule has 2 nitrogen and oxygen atoms in total. The molecule has 0 heterocycles. The zero-order chi connectivity index (χ0) is 13.8. The van der Waals surface area contributed by atoms with Crippen LogP contribution in [-0.4, -0.2) is 12.6 Å². The van der Waals surface area contributed by atoms with E-state index in [1.54, 1.807) is 6.07 Å². The maximum Gasteiger partial charge on any atom is 0.418 e. The van der Waals surface area contributed by atoms with Gasteiger partial charge in [-0.05, 0) is 24.5 Å². The summed E-state index contributed by atoms with van der Waals surface area (Å²) in [6, 6.07) is 5.33. The molecule has 0 saturated heterocycles. The summed E-state index contributed by atoms with van der Waals surface area (Å²) < 4.78 is 38.4. The van der Waals surface area contributed by atoms with E-state index in [2.05, 4.69) is 5.32 Å². The van der Waals surface area contributed by atoms with Gasteiger partial charge in [0.1, 0.15) is 0 Å². The maximum absolute atomic E-state index is 12.8. The molecule has 0 aromatic heterocycles. The molecule has 1 aromatic rings. The van der Waals surface area contributed by atoms with Crippen LogP contribution in [0.15, 0.2) is 24.3 Å². The molecular formula is C13H19F3N2. The second kappa shape index (κ2) is 6.09. The third-order valence-electron chi connectivity index (χ3n) is 2.63. The van der Waals surface area contributed by atoms with Gasteiger partial charge in [0, 0.05) is 18.3 Å². The van der Waals surface area contributed by atoms with Gasteiger partial charge in [-0.3, -0.25) is 0 Å². The summed E-state index contributed by atoms with van der Waals surface area (Å²) in [5.41, 5.74) is 5.04. The maximum atomic E-state index is 12.8. The highest BCUT2D eigenvalue weighted by Crippen LogP contribution is 2.34. The molecule has 0 aliphatic heterocycles. The van der Waals surface area contributed by atoms with Crippen molar-refractivity contribution in [3.05, 3.63) is 29.8 Å². The van der Waals surface area contributed by atoms with Crippen LogP contribution in [0.4, 0.5) is 18.9 Å². The van der Waals surface area contributed by atoms with Gasteiger partial charge >= 0.3 is 6.18 Å². The fourth-order valence-electron chi connectivity index (χ4n) is 1.86. The highest BCUT2D eigenvalue weighted by Gasteiger charge is 2.33. The van der Waals surface area contributed by atoms with Gasteiger partial charge in [0.25, 0.3) is 0 Å². The van der Waals surface area contributed by atoms with Crippen LogP contribution in [0.25, 0.3) is 0 Å². The molecule has 102 valence electrons. The van der Waals surface area contributed by atoms with E-state index >= 15 is 0 Å². The zero-order valence-corrected chi connectivity index (χ0v) is 10.6. The number of hydrogen-bond acceptors (Lipinski definition) is 2. The van der Waals surface area contributed by atoms with Crippen molar-refractivity contribution in [1.29, 1.82) is 0 Å². The second-order valence-electron chi connectivity index (χ2n) is 4.75. The van der Waals surface area contributed by atoms with Crippen molar-refractivity contribution in [2.75, 3.05) is 11.9 Å². The van der Waals surface area contributed by atoms with E-state index < -0.39 is 11.7 Å². The van der Waals surface area contributed by atoms with Crippen LogP contribution in [0.1, 0.15) is 25.8 Å². The Balaban J connectivity index is 2.89. The highest BCUT2D eigenvalue weighted by molar-refractivity contribution is 5.53. The fourth-order valence-corrected chi connectivity index (χ4v) is 1.86. The number of hydrogen-bond donors (Lipinski definition) is 2. The molecule has 0 amide bonds. The lowest BCUT2D eigenvalue weighted by atomic mass is 10.0. The van der Waals surface area contributed by atoms with Crippen LogP contribution in [0.3, 0.4) is 0 Å². The monoisotopic (exact) mass is 260 g/mol. The van der Waals surface area contributed by atoms with Crippen LogP contribution < -0.4 is 11.1 Å². The van der Waals surface area contributed by atoms with Crippen LogP contribution in [-0.2, 0) is 6.18 Å². The third kappa shape index (κ3) is 4.22. The van der Waals surface area contributed by atoms with Crippen molar-refractivity contribution in [2.24, 2.45) is 11.7 Å². The van der Waals surface area contributed by atoms with Crippen LogP contribution in [0.2, 0.25) is 0 Å². The molecule has 0 spiro atoms. The van der Waals surface area contributed by atoms with Gasteiger partial charge in [0.2, 0.25) is 0 Å². The average molecular weight is 260 g/mol. The first kappa shape index (κ1) is 14.8. The minimum absolute atomic E-state index is 0.0982. The number of para-hydroxylation sites is 1. The van der Waals surface area contributed by atoms with E-state index in [9.17, 15) is 13.2 Å². The number of alkyl halides is 3. The highest BCUT2D eigenvalue weighted by atomic mass is 19.4. The van der Waals surface area contributed by atoms with Gasteiger partial charge in [-0.15, -0.1) is 0 Å². The van der Waals surface area contributed by atoms with Crippen molar-refractivity contribution in [1.82, 2.24) is 0 Å². The average Bonchev–Trinajstić information content (AvgIpc) is 2.26. The molecule has 0 saturated carbocycles. The zero-order valence-electron chi connectivity index (χ0n) is 10.6. The Morgan fingerprint density at radius 2 is 1.83 bits per heavy atom. The van der Waals surface area contributed by atoms with E-state index in [0.29, 0.717) is 12.5 Å². The molecule has 1 aromatic carbocycles. The Morgan fingerprint density at radius 1 is 1.22 bits per heavy atom. The summed E-state index contributed by atoms with van der Waals surface area (Å²) in [7, 11) is 0. The van der Waals surface area contributed by atoms with Crippen LogP contribution in [0, 0.1) is 5.92 Å². The van der Waals surface area contributed by atoms with Crippen molar-refractivity contribution >= 4 is 5.69 Å². The molecule has 18 heavy (non-hydrogen) atoms. The van der Waals surface area contributed by atoms with Gasteiger partial charge < -0.3 is 11.1 Å². The van der Waals surface area contributed by atoms with E-state index in [4.69, 9.17) is 5.73 Å². The fraction of sp³-hybridized carbons (Fsp3) is 0.538. The Bertz CT molecular complexity index is 375. The van der Waals surface area contributed by atoms with Crippen LogP contribution >= 0.6 is 0 Å². The molecule has 0 aliphatic carbocycles. The SMILES string of the molecule is CC(C)CC(CN)Nc1ccccc1C(F)(F)F. The Kier molecular flexibility index (Phi) is 5.02. The third-order valence-corrected chi connectivity index (χ3v) is 2.63. The molecule has 5 heteroatoms.